The van der Waals surface area contributed by atoms with Gasteiger partial charge in [0, 0.05) is 74.5 Å². The fraction of sp³-hybridized carbons (Fsp3) is 0.488. The monoisotopic (exact) mass is 1060 g/mol. The molecule has 75 heavy (non-hydrogen) atoms. The lowest BCUT2D eigenvalue weighted by atomic mass is 10.1. The van der Waals surface area contributed by atoms with Crippen molar-refractivity contribution in [3.63, 3.8) is 0 Å². The number of hydroxylamine groups is 2. The number of nitrogens with one attached hydrogen (secondary N) is 4. The molecule has 4 aromatic heterocycles. The molecule has 0 aliphatic carbocycles. The predicted molar refractivity (Wildman–Crippen MR) is 248 cm³/mol. The second-order valence-corrected chi connectivity index (χ2v) is 16.7. The number of carboxylic acids is 6. The van der Waals surface area contributed by atoms with Crippen molar-refractivity contribution in [3.8, 4) is 0 Å². The summed E-state index contributed by atoms with van der Waals surface area (Å²) < 4.78 is 5.66. The molecule has 10 N–H and O–H groups in total. The number of aromatic nitrogens is 8. The molecule has 4 rings (SSSR count). The first-order chi connectivity index (χ1) is 35.7. The number of carbonyl (C=O) groups excluding carboxylic acids is 4. The van der Waals surface area contributed by atoms with E-state index < -0.39 is 97.6 Å². The van der Waals surface area contributed by atoms with Gasteiger partial charge in [0.1, 0.15) is 49.5 Å². The molecular formula is C43H58N14O18. The normalized spacial score (nSPS) is 11.9. The number of nitrogens with zero attached hydrogens (tertiary/aromatic N) is 10. The first-order valence-corrected chi connectivity index (χ1v) is 23.0. The molecule has 0 saturated carbocycles. The highest BCUT2D eigenvalue weighted by Crippen LogP contribution is 2.15. The molecule has 0 saturated heterocycles. The molecule has 32 nitrogen and oxygen atoms in total. The molecule has 32 heteroatoms. The van der Waals surface area contributed by atoms with Gasteiger partial charge >= 0.3 is 59.8 Å². The standard InChI is InChI=1S/C43H58N14O18/c58-34(59)18-28(4-2-12-52(20-30-44-8-14-54(30)24-36(62)63)21-31-45-9-15-55(31)25-37(64)65)48-42(72)50-74-40(70)6-1-7-41(71)75-51-43(73)49-29(19-35(60)61)5-3-13-53(22-32-46-10-16-56(32)26-38(66)67)23-33-47-11-17-57(33)27-39(68)69/h8-11,14-17,28-29H,1-7,12-13,18-27H2,(H,58,59)(H,60,61)(H,62,63)(H,64,65)(H,66,67)(H,68,69)(H2,48,50,72)(H2,49,51,73)/t28-,29-/m1/s1. The molecule has 0 spiro atoms. The Morgan fingerprint density at radius 2 is 0.747 bits per heavy atom. The van der Waals surface area contributed by atoms with Crippen molar-refractivity contribution in [1.29, 1.82) is 0 Å². The molecule has 408 valence electrons. The van der Waals surface area contributed by atoms with Gasteiger partial charge in [-0.1, -0.05) is 0 Å². The van der Waals surface area contributed by atoms with Gasteiger partial charge in [-0.3, -0.25) is 38.6 Å². The van der Waals surface area contributed by atoms with E-state index in [1.165, 1.54) is 67.8 Å². The average Bonchev–Trinajstić information content (AvgIpc) is 4.14. The molecule has 0 fully saturated rings. The predicted octanol–water partition coefficient (Wildman–Crippen LogP) is -0.552. The third-order valence-electron chi connectivity index (χ3n) is 10.7. The highest BCUT2D eigenvalue weighted by molar-refractivity contribution is 5.79. The van der Waals surface area contributed by atoms with E-state index in [0.29, 0.717) is 23.3 Å². The number of hydrogen-bond donors (Lipinski definition) is 10. The minimum absolute atomic E-state index is 0.0875. The molecule has 0 bridgehead atoms. The maximum Gasteiger partial charge on any atom is 0.348 e. The van der Waals surface area contributed by atoms with Crippen LogP contribution in [0, 0.1) is 0 Å². The van der Waals surface area contributed by atoms with Crippen molar-refractivity contribution in [2.45, 2.75) is 122 Å². The Labute approximate surface area is 425 Å². The van der Waals surface area contributed by atoms with Gasteiger partial charge in [0.15, 0.2) is 0 Å². The Balaban J connectivity index is 1.20. The van der Waals surface area contributed by atoms with Crippen LogP contribution in [0.25, 0.3) is 0 Å². The molecule has 0 aliphatic heterocycles. The summed E-state index contributed by atoms with van der Waals surface area (Å²) in [4.78, 5) is 149. The van der Waals surface area contributed by atoms with Crippen molar-refractivity contribution >= 4 is 59.8 Å². The molecular weight excluding hydrogens is 1000 g/mol. The smallest absolute Gasteiger partial charge is 0.348 e. The van der Waals surface area contributed by atoms with Gasteiger partial charge in [-0.25, -0.2) is 39.1 Å². The van der Waals surface area contributed by atoms with Gasteiger partial charge in [0.2, 0.25) is 0 Å². The van der Waals surface area contributed by atoms with E-state index in [9.17, 15) is 78.6 Å². The Hall–Kier alpha value is -8.94. The highest BCUT2D eigenvalue weighted by Gasteiger charge is 2.23. The van der Waals surface area contributed by atoms with Crippen LogP contribution in [0.5, 0.6) is 0 Å². The van der Waals surface area contributed by atoms with Crippen molar-refractivity contribution < 1.29 is 88.3 Å². The van der Waals surface area contributed by atoms with Crippen LogP contribution in [-0.2, 0) is 100 Å². The first-order valence-electron chi connectivity index (χ1n) is 23.0. The minimum Gasteiger partial charge on any atom is -0.481 e. The van der Waals surface area contributed by atoms with E-state index in [2.05, 4.69) is 30.6 Å². The lowest BCUT2D eigenvalue weighted by Crippen LogP contribution is -2.44. The third-order valence-corrected chi connectivity index (χ3v) is 10.7. The lowest BCUT2D eigenvalue weighted by molar-refractivity contribution is -0.151. The second-order valence-electron chi connectivity index (χ2n) is 16.7. The molecule has 0 aliphatic rings. The van der Waals surface area contributed by atoms with Gasteiger partial charge in [-0.15, -0.1) is 0 Å². The van der Waals surface area contributed by atoms with Crippen LogP contribution < -0.4 is 21.6 Å². The Kier molecular flexibility index (Phi) is 23.6. The van der Waals surface area contributed by atoms with E-state index in [-0.39, 0.29) is 97.6 Å². The summed E-state index contributed by atoms with van der Waals surface area (Å²) in [7, 11) is 0. The van der Waals surface area contributed by atoms with Gasteiger partial charge in [0.25, 0.3) is 0 Å². The van der Waals surface area contributed by atoms with Gasteiger partial charge in [-0.05, 0) is 45.2 Å². The molecule has 4 heterocycles. The number of amides is 4. The fourth-order valence-corrected chi connectivity index (χ4v) is 7.46. The van der Waals surface area contributed by atoms with Crippen molar-refractivity contribution in [2.75, 3.05) is 13.1 Å². The van der Waals surface area contributed by atoms with Crippen LogP contribution in [0.3, 0.4) is 0 Å². The summed E-state index contributed by atoms with van der Waals surface area (Å²) in [6, 6.07) is -4.08. The molecule has 4 aromatic rings. The zero-order chi connectivity index (χ0) is 54.9. The van der Waals surface area contributed by atoms with Crippen LogP contribution in [0.2, 0.25) is 0 Å². The molecule has 4 amide bonds. The number of imidazole rings is 4. The number of carboxylic acid groups (broad SMARTS) is 6. The van der Waals surface area contributed by atoms with Crippen LogP contribution in [0.1, 0.15) is 81.1 Å². The molecule has 0 unspecified atom stereocenters. The van der Waals surface area contributed by atoms with Crippen molar-refractivity contribution in [3.05, 3.63) is 72.9 Å². The van der Waals surface area contributed by atoms with Gasteiger partial charge < -0.3 is 69.2 Å². The number of carbonyl (C=O) groups is 10. The number of aliphatic carboxylic acids is 6. The number of rotatable bonds is 34. The van der Waals surface area contributed by atoms with Crippen molar-refractivity contribution in [2.24, 2.45) is 0 Å². The van der Waals surface area contributed by atoms with E-state index in [4.69, 9.17) is 9.68 Å². The summed E-state index contributed by atoms with van der Waals surface area (Å²) in [5, 5.41) is 61.1. The minimum atomic E-state index is -1.25. The maximum atomic E-state index is 12.6. The number of hydrogen-bond acceptors (Lipinski definition) is 18. The fourth-order valence-electron chi connectivity index (χ4n) is 7.46. The molecule has 0 aromatic carbocycles. The van der Waals surface area contributed by atoms with Crippen LogP contribution in [0.15, 0.2) is 49.6 Å². The maximum absolute atomic E-state index is 12.6. The zero-order valence-electron chi connectivity index (χ0n) is 40.3. The second kappa shape index (κ2) is 30.2. The SMILES string of the molecule is O=C(O)C[C@@H](CCCN(Cc1nccn1CC(=O)O)Cc1nccn1CC(=O)O)NC(=O)NOC(=O)CCCC(=O)ONC(=O)N[C@H](CCCN(Cc1nccn1CC(=O)O)Cc1nccn1CC(=O)O)CC(=O)O. The van der Waals surface area contributed by atoms with E-state index in [1.807, 2.05) is 11.0 Å². The zero-order valence-corrected chi connectivity index (χ0v) is 40.3. The quantitative estimate of drug-likeness (QED) is 0.0262. The van der Waals surface area contributed by atoms with Crippen LogP contribution in [-0.4, -0.2) is 164 Å². The molecule has 2 atom stereocenters. The summed E-state index contributed by atoms with van der Waals surface area (Å²) in [6.45, 7) is -0.622. The van der Waals surface area contributed by atoms with Gasteiger partial charge in [-0.2, -0.15) is 11.0 Å². The highest BCUT2D eigenvalue weighted by atomic mass is 16.7. The third kappa shape index (κ3) is 22.6. The summed E-state index contributed by atoms with van der Waals surface area (Å²) in [5.74, 6) is -7.41. The summed E-state index contributed by atoms with van der Waals surface area (Å²) in [5.41, 5.74) is 3.72. The van der Waals surface area contributed by atoms with E-state index in [1.54, 1.807) is 9.80 Å². The van der Waals surface area contributed by atoms with E-state index in [0.717, 1.165) is 0 Å². The number of urea groups is 2. The summed E-state index contributed by atoms with van der Waals surface area (Å²) >= 11 is 0. The Morgan fingerprint density at radius 3 is 1.01 bits per heavy atom. The topological polar surface area (TPSA) is 436 Å². The molecule has 0 radical (unpaired) electrons. The van der Waals surface area contributed by atoms with Crippen molar-refractivity contribution in [1.82, 2.24) is 69.6 Å². The first kappa shape index (κ1) is 58.6. The average molecular weight is 1060 g/mol. The Bertz CT molecular complexity index is 2310. The lowest BCUT2D eigenvalue weighted by Gasteiger charge is -2.24. The van der Waals surface area contributed by atoms with Crippen LogP contribution in [0.4, 0.5) is 9.59 Å². The van der Waals surface area contributed by atoms with Gasteiger partial charge in [0.05, 0.1) is 39.0 Å². The largest absolute Gasteiger partial charge is 0.481 e. The van der Waals surface area contributed by atoms with E-state index >= 15 is 0 Å². The van der Waals surface area contributed by atoms with Crippen LogP contribution >= 0.6 is 0 Å². The summed E-state index contributed by atoms with van der Waals surface area (Å²) in [6.07, 6.45) is 10.2. The Morgan fingerprint density at radius 1 is 0.453 bits per heavy atom.